The topological polar surface area (TPSA) is 80.9 Å². The third-order valence-corrected chi connectivity index (χ3v) is 4.04. The summed E-state index contributed by atoms with van der Waals surface area (Å²) in [5, 5.41) is 38.4. The Kier molecular flexibility index (Phi) is 3.00. The predicted octanol–water partition coefficient (Wildman–Crippen LogP) is -1.95. The zero-order chi connectivity index (χ0) is 11.1. The molecule has 0 amide bonds. The van der Waals surface area contributed by atoms with Gasteiger partial charge in [0.2, 0.25) is 0 Å². The van der Waals surface area contributed by atoms with Crippen molar-refractivity contribution in [2.75, 3.05) is 26.2 Å². The first kappa shape index (κ1) is 11.3. The van der Waals surface area contributed by atoms with Crippen molar-refractivity contribution in [3.8, 4) is 0 Å². The molecule has 0 radical (unpaired) electrons. The van der Waals surface area contributed by atoms with Crippen LogP contribution in [0, 0.1) is 0 Å². The van der Waals surface area contributed by atoms with Gasteiger partial charge in [-0.15, -0.1) is 0 Å². The lowest BCUT2D eigenvalue weighted by molar-refractivity contribution is -0.953. The zero-order valence-electron chi connectivity index (χ0n) is 8.79. The van der Waals surface area contributed by atoms with E-state index in [1.807, 2.05) is 0 Å². The van der Waals surface area contributed by atoms with Crippen LogP contribution in [0.4, 0.5) is 0 Å². The number of rotatable bonds is 1. The Hall–Kier alpha value is -0.200. The maximum atomic E-state index is 9.85. The Morgan fingerprint density at radius 1 is 1.00 bits per heavy atom. The third kappa shape index (κ3) is 1.68. The fraction of sp³-hybridized carbons (Fsp3) is 1.00. The highest BCUT2D eigenvalue weighted by Gasteiger charge is 2.53. The average Bonchev–Trinajstić information content (AvgIpc) is 2.65. The first-order valence-electron chi connectivity index (χ1n) is 5.61. The van der Waals surface area contributed by atoms with E-state index in [4.69, 9.17) is 0 Å². The summed E-state index contributed by atoms with van der Waals surface area (Å²) >= 11 is 0. The quantitative estimate of drug-likeness (QED) is 0.386. The molecule has 1 spiro atoms. The van der Waals surface area contributed by atoms with Gasteiger partial charge >= 0.3 is 0 Å². The molecule has 2 fully saturated rings. The van der Waals surface area contributed by atoms with Gasteiger partial charge in [0.15, 0.2) is 0 Å². The summed E-state index contributed by atoms with van der Waals surface area (Å²) in [6, 6.07) is -0.342. The molecule has 2 aliphatic heterocycles. The highest BCUT2D eigenvalue weighted by atomic mass is 16.4. The average molecular weight is 218 g/mol. The van der Waals surface area contributed by atoms with Crippen molar-refractivity contribution in [3.63, 3.8) is 0 Å². The molecule has 2 aliphatic rings. The molecule has 2 saturated heterocycles. The summed E-state index contributed by atoms with van der Waals surface area (Å²) < 4.78 is 0.565. The van der Waals surface area contributed by atoms with Gasteiger partial charge in [-0.3, -0.25) is 0 Å². The van der Waals surface area contributed by atoms with E-state index in [2.05, 4.69) is 0 Å². The van der Waals surface area contributed by atoms with Crippen molar-refractivity contribution < 1.29 is 24.9 Å². The second-order valence-electron chi connectivity index (χ2n) is 4.85. The van der Waals surface area contributed by atoms with Crippen molar-refractivity contribution in [3.05, 3.63) is 0 Å². The monoisotopic (exact) mass is 218 g/mol. The first-order valence-corrected chi connectivity index (χ1v) is 5.61. The van der Waals surface area contributed by atoms with Crippen molar-refractivity contribution in [2.45, 2.75) is 37.2 Å². The lowest BCUT2D eigenvalue weighted by Gasteiger charge is -2.49. The van der Waals surface area contributed by atoms with Crippen molar-refractivity contribution in [1.29, 1.82) is 0 Å². The normalized spacial score (nSPS) is 44.8. The van der Waals surface area contributed by atoms with Crippen LogP contribution in [0.2, 0.25) is 0 Å². The van der Waals surface area contributed by atoms with E-state index >= 15 is 0 Å². The van der Waals surface area contributed by atoms with Crippen LogP contribution in [0.25, 0.3) is 0 Å². The standard InChI is InChI=1S/C10H20NO4/c12-6-7-9(14)10(15)8(13)5-11(7)3-1-2-4-11/h7-10,12-15H,1-6H2/q+1/t7-,8+,9+,10-/m1/s1. The Labute approximate surface area is 89.2 Å². The minimum absolute atomic E-state index is 0.134. The van der Waals surface area contributed by atoms with Crippen LogP contribution in [0.1, 0.15) is 12.8 Å². The van der Waals surface area contributed by atoms with Crippen LogP contribution in [-0.2, 0) is 0 Å². The van der Waals surface area contributed by atoms with Crippen LogP contribution in [0.3, 0.4) is 0 Å². The molecule has 0 aromatic rings. The molecule has 0 aromatic heterocycles. The van der Waals surface area contributed by atoms with E-state index in [-0.39, 0.29) is 12.6 Å². The summed E-state index contributed by atoms with van der Waals surface area (Å²) in [6.45, 7) is 2.08. The highest BCUT2D eigenvalue weighted by Crippen LogP contribution is 2.31. The zero-order valence-corrected chi connectivity index (χ0v) is 8.79. The second kappa shape index (κ2) is 3.99. The van der Waals surface area contributed by atoms with Crippen molar-refractivity contribution in [2.24, 2.45) is 0 Å². The fourth-order valence-corrected chi connectivity index (χ4v) is 3.16. The molecule has 2 rings (SSSR count). The van der Waals surface area contributed by atoms with Crippen LogP contribution >= 0.6 is 0 Å². The molecule has 4 N–H and O–H groups in total. The molecule has 4 atom stereocenters. The minimum Gasteiger partial charge on any atom is -0.390 e. The van der Waals surface area contributed by atoms with Crippen LogP contribution in [-0.4, -0.2) is 75.5 Å². The van der Waals surface area contributed by atoms with E-state index in [1.165, 1.54) is 0 Å². The lowest BCUT2D eigenvalue weighted by atomic mass is 9.92. The summed E-state index contributed by atoms with van der Waals surface area (Å²) in [4.78, 5) is 0. The molecule has 88 valence electrons. The number of aliphatic hydroxyl groups excluding tert-OH is 4. The van der Waals surface area contributed by atoms with Gasteiger partial charge in [-0.25, -0.2) is 0 Å². The van der Waals surface area contributed by atoms with Gasteiger partial charge in [0.25, 0.3) is 0 Å². The number of nitrogens with zero attached hydrogens (tertiary/aromatic N) is 1. The SMILES string of the molecule is OC[C@@H]1[C@H](O)[C@H](O)[C@@H](O)C[N+]12CCCC2. The van der Waals surface area contributed by atoms with Gasteiger partial charge < -0.3 is 24.9 Å². The molecule has 5 nitrogen and oxygen atoms in total. The molecule has 0 aromatic carbocycles. The minimum atomic E-state index is -1.12. The number of quaternary nitrogens is 1. The molecule has 2 heterocycles. The predicted molar refractivity (Wildman–Crippen MR) is 53.0 cm³/mol. The third-order valence-electron chi connectivity index (χ3n) is 4.04. The van der Waals surface area contributed by atoms with E-state index in [1.54, 1.807) is 0 Å². The molecule has 0 bridgehead atoms. The van der Waals surface area contributed by atoms with E-state index in [0.717, 1.165) is 25.9 Å². The molecular weight excluding hydrogens is 198 g/mol. The second-order valence-corrected chi connectivity index (χ2v) is 4.85. The van der Waals surface area contributed by atoms with E-state index in [9.17, 15) is 20.4 Å². The maximum absolute atomic E-state index is 9.85. The fourth-order valence-electron chi connectivity index (χ4n) is 3.16. The van der Waals surface area contributed by atoms with Gasteiger partial charge in [0.1, 0.15) is 30.9 Å². The van der Waals surface area contributed by atoms with Gasteiger partial charge in [-0.05, 0) is 0 Å². The Bertz CT molecular complexity index is 229. The molecule has 0 aliphatic carbocycles. The summed E-state index contributed by atoms with van der Waals surface area (Å²) in [5.74, 6) is 0. The molecule has 15 heavy (non-hydrogen) atoms. The largest absolute Gasteiger partial charge is 0.390 e. The molecular formula is C10H20NO4+. The summed E-state index contributed by atoms with van der Waals surface area (Å²) in [7, 11) is 0. The van der Waals surface area contributed by atoms with Crippen LogP contribution < -0.4 is 0 Å². The van der Waals surface area contributed by atoms with Gasteiger partial charge in [0.05, 0.1) is 19.7 Å². The Morgan fingerprint density at radius 3 is 2.13 bits per heavy atom. The van der Waals surface area contributed by atoms with Gasteiger partial charge in [-0.1, -0.05) is 0 Å². The van der Waals surface area contributed by atoms with Crippen molar-refractivity contribution >= 4 is 0 Å². The van der Waals surface area contributed by atoms with E-state index < -0.39 is 18.3 Å². The maximum Gasteiger partial charge on any atom is 0.141 e. The van der Waals surface area contributed by atoms with E-state index in [0.29, 0.717) is 11.0 Å². The number of aliphatic hydroxyl groups is 4. The van der Waals surface area contributed by atoms with Crippen LogP contribution in [0.5, 0.6) is 0 Å². The Balaban J connectivity index is 2.22. The molecule has 0 unspecified atom stereocenters. The summed E-state index contributed by atoms with van der Waals surface area (Å²) in [5.41, 5.74) is 0. The summed E-state index contributed by atoms with van der Waals surface area (Å²) in [6.07, 6.45) is -0.887. The highest BCUT2D eigenvalue weighted by molar-refractivity contribution is 4.88. The van der Waals surface area contributed by atoms with Crippen LogP contribution in [0.15, 0.2) is 0 Å². The molecule has 5 heteroatoms. The van der Waals surface area contributed by atoms with Gasteiger partial charge in [0, 0.05) is 12.8 Å². The number of hydrogen-bond donors (Lipinski definition) is 4. The number of hydrogen-bond acceptors (Lipinski definition) is 4. The first-order chi connectivity index (χ1) is 7.10. The Morgan fingerprint density at radius 2 is 1.60 bits per heavy atom. The lowest BCUT2D eigenvalue weighted by Crippen LogP contribution is -2.71. The smallest absolute Gasteiger partial charge is 0.141 e. The number of piperidine rings is 1. The van der Waals surface area contributed by atoms with Gasteiger partial charge in [-0.2, -0.15) is 0 Å². The van der Waals surface area contributed by atoms with Crippen molar-refractivity contribution in [1.82, 2.24) is 0 Å². The molecule has 0 saturated carbocycles.